The lowest BCUT2D eigenvalue weighted by atomic mass is 9.96. The number of hydrogen-bond donors (Lipinski definition) is 0. The Labute approximate surface area is 121 Å². The van der Waals surface area contributed by atoms with Gasteiger partial charge in [0.15, 0.2) is 0 Å². The van der Waals surface area contributed by atoms with Crippen molar-refractivity contribution >= 4 is 28.4 Å². The van der Waals surface area contributed by atoms with E-state index in [1.54, 1.807) is 0 Å². The first-order valence-electron chi connectivity index (χ1n) is 7.01. The maximum Gasteiger partial charge on any atom is 0.140 e. The van der Waals surface area contributed by atoms with Gasteiger partial charge in [0.1, 0.15) is 5.78 Å². The van der Waals surface area contributed by atoms with Crippen LogP contribution in [0.25, 0.3) is 0 Å². The monoisotopic (exact) mass is 352 g/mol. The topological polar surface area (TPSA) is 17.1 Å². The van der Waals surface area contributed by atoms with E-state index in [0.717, 1.165) is 23.7 Å². The van der Waals surface area contributed by atoms with Crippen LogP contribution >= 0.6 is 22.6 Å². The van der Waals surface area contributed by atoms with E-state index in [1.807, 2.05) is 0 Å². The first-order valence-corrected chi connectivity index (χ1v) is 8.09. The van der Waals surface area contributed by atoms with Crippen molar-refractivity contribution < 1.29 is 4.79 Å². The van der Waals surface area contributed by atoms with E-state index >= 15 is 0 Å². The summed E-state index contributed by atoms with van der Waals surface area (Å²) in [6, 6.07) is 8.40. The van der Waals surface area contributed by atoms with Crippen LogP contribution in [-0.4, -0.2) is 5.78 Å². The highest BCUT2D eigenvalue weighted by Crippen LogP contribution is 2.69. The molecule has 0 amide bonds. The van der Waals surface area contributed by atoms with Crippen molar-refractivity contribution in [3.63, 3.8) is 0 Å². The highest BCUT2D eigenvalue weighted by Gasteiger charge is 2.66. The third-order valence-corrected chi connectivity index (χ3v) is 6.12. The molecule has 0 radical (unpaired) electrons. The Morgan fingerprint density at radius 2 is 1.72 bits per heavy atom. The molecular weight excluding hydrogens is 335 g/mol. The van der Waals surface area contributed by atoms with Gasteiger partial charge >= 0.3 is 0 Å². The number of ketones is 1. The van der Waals surface area contributed by atoms with Gasteiger partial charge in [-0.2, -0.15) is 0 Å². The molecule has 4 atom stereocenters. The quantitative estimate of drug-likeness (QED) is 0.759. The number of fused-ring (bicyclic) bond motifs is 5. The van der Waals surface area contributed by atoms with Gasteiger partial charge in [0.2, 0.25) is 0 Å². The summed E-state index contributed by atoms with van der Waals surface area (Å²) in [7, 11) is 0. The fraction of sp³-hybridized carbons (Fsp3) is 0.562. The van der Waals surface area contributed by atoms with Gasteiger partial charge in [-0.25, -0.2) is 0 Å². The Balaban J connectivity index is 1.45. The second kappa shape index (κ2) is 4.06. The third-order valence-electron chi connectivity index (χ3n) is 5.40. The van der Waals surface area contributed by atoms with Crippen molar-refractivity contribution in [1.29, 1.82) is 0 Å². The molecular formula is C16H17IO. The fourth-order valence-electron chi connectivity index (χ4n) is 4.68. The highest BCUT2D eigenvalue weighted by atomic mass is 127. The number of benzene rings is 1. The van der Waals surface area contributed by atoms with Crippen molar-refractivity contribution in [3.05, 3.63) is 33.4 Å². The molecule has 0 spiro atoms. The minimum atomic E-state index is 0.440. The predicted molar refractivity (Wildman–Crippen MR) is 79.2 cm³/mol. The van der Waals surface area contributed by atoms with Crippen molar-refractivity contribution in [2.24, 2.45) is 29.6 Å². The van der Waals surface area contributed by atoms with Crippen LogP contribution in [0.4, 0.5) is 0 Å². The van der Waals surface area contributed by atoms with Crippen LogP contribution in [-0.2, 0) is 11.2 Å². The number of carbonyl (C=O) groups excluding carboxylic acids is 1. The van der Waals surface area contributed by atoms with Gasteiger partial charge < -0.3 is 0 Å². The van der Waals surface area contributed by atoms with Gasteiger partial charge in [-0.1, -0.05) is 12.1 Å². The summed E-state index contributed by atoms with van der Waals surface area (Å²) in [5.74, 6) is 4.36. The summed E-state index contributed by atoms with van der Waals surface area (Å²) in [6.07, 6.45) is 4.90. The largest absolute Gasteiger partial charge is 0.299 e. The maximum absolute atomic E-state index is 12.4. The van der Waals surface area contributed by atoms with Gasteiger partial charge in [0.25, 0.3) is 0 Å². The van der Waals surface area contributed by atoms with Crippen molar-refractivity contribution in [2.45, 2.75) is 25.7 Å². The van der Waals surface area contributed by atoms with E-state index in [1.165, 1.54) is 28.4 Å². The normalized spacial score (nSPS) is 39.7. The Morgan fingerprint density at radius 3 is 2.33 bits per heavy atom. The van der Waals surface area contributed by atoms with Gasteiger partial charge in [-0.3, -0.25) is 4.79 Å². The molecule has 3 saturated carbocycles. The van der Waals surface area contributed by atoms with E-state index in [2.05, 4.69) is 46.9 Å². The molecule has 0 aromatic heterocycles. The van der Waals surface area contributed by atoms with Crippen LogP contribution in [0.2, 0.25) is 0 Å². The molecule has 1 aromatic carbocycles. The number of hydrogen-bond acceptors (Lipinski definition) is 1. The van der Waals surface area contributed by atoms with Crippen LogP contribution in [0.5, 0.6) is 0 Å². The summed E-state index contributed by atoms with van der Waals surface area (Å²) in [5.41, 5.74) is 1.19. The van der Waals surface area contributed by atoms with Crippen LogP contribution in [0.1, 0.15) is 24.8 Å². The van der Waals surface area contributed by atoms with Crippen molar-refractivity contribution in [2.75, 3.05) is 0 Å². The molecule has 3 aliphatic carbocycles. The van der Waals surface area contributed by atoms with Crippen LogP contribution < -0.4 is 0 Å². The number of rotatable bonds is 3. The van der Waals surface area contributed by atoms with Gasteiger partial charge in [-0.05, 0) is 83.2 Å². The van der Waals surface area contributed by atoms with Gasteiger partial charge in [-0.15, -0.1) is 0 Å². The van der Waals surface area contributed by atoms with Gasteiger partial charge in [0, 0.05) is 15.9 Å². The summed E-state index contributed by atoms with van der Waals surface area (Å²) in [5, 5.41) is 0. The van der Waals surface area contributed by atoms with Crippen LogP contribution in [0.3, 0.4) is 0 Å². The first kappa shape index (κ1) is 11.4. The summed E-state index contributed by atoms with van der Waals surface area (Å²) >= 11 is 2.31. The van der Waals surface area contributed by atoms with E-state index < -0.39 is 0 Å². The van der Waals surface area contributed by atoms with Crippen LogP contribution in [0.15, 0.2) is 24.3 Å². The average molecular weight is 352 g/mol. The molecule has 3 aliphatic rings. The molecule has 1 aromatic rings. The minimum Gasteiger partial charge on any atom is -0.299 e. The Hall–Kier alpha value is -0.380. The summed E-state index contributed by atoms with van der Waals surface area (Å²) in [6.45, 7) is 0. The first-order chi connectivity index (χ1) is 8.74. The molecule has 94 valence electrons. The average Bonchev–Trinajstić information content (AvgIpc) is 2.82. The third kappa shape index (κ3) is 1.68. The highest BCUT2D eigenvalue weighted by molar-refractivity contribution is 14.1. The number of halogens is 1. The molecule has 0 N–H and O–H groups in total. The maximum atomic E-state index is 12.4. The van der Waals surface area contributed by atoms with E-state index in [4.69, 9.17) is 0 Å². The molecule has 0 heterocycles. The lowest BCUT2D eigenvalue weighted by Crippen LogP contribution is -2.12. The molecule has 2 bridgehead atoms. The van der Waals surface area contributed by atoms with E-state index in [-0.39, 0.29) is 0 Å². The van der Waals surface area contributed by atoms with E-state index in [0.29, 0.717) is 18.1 Å². The second-order valence-electron chi connectivity index (χ2n) is 6.28. The zero-order valence-electron chi connectivity index (χ0n) is 10.3. The Bertz CT molecular complexity index is 476. The molecule has 18 heavy (non-hydrogen) atoms. The SMILES string of the molecule is O=C(Cc1ccc(I)cc1)C1C2C3CCC(C3)C12. The van der Waals surface area contributed by atoms with Crippen molar-refractivity contribution in [1.82, 2.24) is 0 Å². The standard InChI is InChI=1S/C16H17IO/c17-12-5-1-9(2-6-12)7-13(18)16-14-10-3-4-11(8-10)15(14)16/h1-2,5-6,10-11,14-16H,3-4,7-8H2. The zero-order valence-corrected chi connectivity index (χ0v) is 12.5. The molecule has 1 nitrogen and oxygen atoms in total. The molecule has 2 heteroatoms. The fourth-order valence-corrected chi connectivity index (χ4v) is 5.04. The lowest BCUT2D eigenvalue weighted by molar-refractivity contribution is -0.120. The van der Waals surface area contributed by atoms with Crippen LogP contribution in [0, 0.1) is 33.2 Å². The summed E-state index contributed by atoms with van der Waals surface area (Å²) < 4.78 is 1.24. The number of Topliss-reactive ketones (excluding diaryl/α,β-unsaturated/α-hetero) is 1. The molecule has 0 saturated heterocycles. The van der Waals surface area contributed by atoms with E-state index in [9.17, 15) is 4.79 Å². The summed E-state index contributed by atoms with van der Waals surface area (Å²) in [4.78, 5) is 12.4. The Kier molecular flexibility index (Phi) is 2.58. The lowest BCUT2D eigenvalue weighted by Gasteiger charge is -2.07. The zero-order chi connectivity index (χ0) is 12.3. The minimum absolute atomic E-state index is 0.440. The van der Waals surface area contributed by atoms with Crippen molar-refractivity contribution in [3.8, 4) is 0 Å². The molecule has 0 aliphatic heterocycles. The molecule has 4 rings (SSSR count). The second-order valence-corrected chi connectivity index (χ2v) is 7.53. The smallest absolute Gasteiger partial charge is 0.140 e. The van der Waals surface area contributed by atoms with Gasteiger partial charge in [0.05, 0.1) is 0 Å². The number of carbonyl (C=O) groups is 1. The molecule has 3 fully saturated rings. The predicted octanol–water partition coefficient (Wildman–Crippen LogP) is 3.69. The molecule has 4 unspecified atom stereocenters. The Morgan fingerprint density at radius 1 is 1.11 bits per heavy atom.